The highest BCUT2D eigenvalue weighted by Crippen LogP contribution is 1.68. The third kappa shape index (κ3) is 3.46. The summed E-state index contributed by atoms with van der Waals surface area (Å²) in [5, 5.41) is 5.08. The highest BCUT2D eigenvalue weighted by Gasteiger charge is 1.89. The predicted molar refractivity (Wildman–Crippen MR) is 32.7 cm³/mol. The van der Waals surface area contributed by atoms with Gasteiger partial charge in [-0.25, -0.2) is 4.79 Å². The summed E-state index contributed by atoms with van der Waals surface area (Å²) in [7, 11) is 1.60. The number of nitrogens with one attached hydrogen (secondary N) is 2. The van der Waals surface area contributed by atoms with Gasteiger partial charge >= 0.3 is 6.03 Å². The van der Waals surface area contributed by atoms with Crippen LogP contribution in [0.15, 0.2) is 0 Å². The first-order valence-electron chi connectivity index (χ1n) is 2.76. The summed E-state index contributed by atoms with van der Waals surface area (Å²) in [5.41, 5.74) is 0. The van der Waals surface area contributed by atoms with Gasteiger partial charge in [0.2, 0.25) is 0 Å². The lowest BCUT2D eigenvalue weighted by Gasteiger charge is -1.98. The van der Waals surface area contributed by atoms with E-state index in [2.05, 4.69) is 10.6 Å². The Morgan fingerprint density at radius 3 is 2.62 bits per heavy atom. The van der Waals surface area contributed by atoms with E-state index < -0.39 is 0 Å². The maximum absolute atomic E-state index is 10.3. The van der Waals surface area contributed by atoms with Crippen LogP contribution in [-0.2, 0) is 0 Å². The van der Waals surface area contributed by atoms with Crippen molar-refractivity contribution in [2.45, 2.75) is 13.3 Å². The zero-order chi connectivity index (χ0) is 6.41. The van der Waals surface area contributed by atoms with Crippen LogP contribution in [0.25, 0.3) is 0 Å². The zero-order valence-electron chi connectivity index (χ0n) is 5.32. The van der Waals surface area contributed by atoms with Gasteiger partial charge in [-0.15, -0.1) is 0 Å². The number of hydrogen-bond donors (Lipinski definition) is 2. The van der Waals surface area contributed by atoms with Gasteiger partial charge in [0.05, 0.1) is 0 Å². The van der Waals surface area contributed by atoms with Crippen molar-refractivity contribution in [3.8, 4) is 0 Å². The lowest BCUT2D eigenvalue weighted by molar-refractivity contribution is 0.243. The Hall–Kier alpha value is -0.730. The molecule has 0 heterocycles. The molecule has 0 saturated carbocycles. The second-order valence-electron chi connectivity index (χ2n) is 1.51. The highest BCUT2D eigenvalue weighted by atomic mass is 16.2. The number of amides is 2. The van der Waals surface area contributed by atoms with Crippen molar-refractivity contribution < 1.29 is 4.79 Å². The molecule has 0 spiro atoms. The maximum atomic E-state index is 10.3. The largest absolute Gasteiger partial charge is 0.341 e. The number of rotatable bonds is 2. The van der Waals surface area contributed by atoms with Crippen molar-refractivity contribution in [3.63, 3.8) is 0 Å². The van der Waals surface area contributed by atoms with E-state index in [1.54, 1.807) is 7.05 Å². The quantitative estimate of drug-likeness (QED) is 0.536. The Kier molecular flexibility index (Phi) is 4.03. The molecule has 0 aliphatic rings. The van der Waals surface area contributed by atoms with Crippen LogP contribution in [0, 0.1) is 0 Å². The molecule has 8 heavy (non-hydrogen) atoms. The maximum Gasteiger partial charge on any atom is 0.314 e. The predicted octanol–water partition coefficient (Wildman–Crippen LogP) is 0.325. The number of carbonyl (C=O) groups excluding carboxylic acids is 1. The van der Waals surface area contributed by atoms with E-state index in [1.807, 2.05) is 6.92 Å². The van der Waals surface area contributed by atoms with Gasteiger partial charge in [-0.3, -0.25) is 0 Å². The lowest BCUT2D eigenvalue weighted by atomic mass is 10.5. The van der Waals surface area contributed by atoms with Gasteiger partial charge in [-0.05, 0) is 6.42 Å². The van der Waals surface area contributed by atoms with Crippen LogP contribution in [0.3, 0.4) is 0 Å². The topological polar surface area (TPSA) is 41.1 Å². The van der Waals surface area contributed by atoms with Crippen LogP contribution >= 0.6 is 0 Å². The van der Waals surface area contributed by atoms with Gasteiger partial charge in [-0.1, -0.05) is 6.92 Å². The normalized spacial score (nSPS) is 8.25. The molecular formula is C5H12N2O. The summed E-state index contributed by atoms with van der Waals surface area (Å²) in [4.78, 5) is 10.3. The molecule has 0 fully saturated rings. The first-order valence-corrected chi connectivity index (χ1v) is 2.76. The molecule has 0 bridgehead atoms. The summed E-state index contributed by atoms with van der Waals surface area (Å²) < 4.78 is 0. The Morgan fingerprint density at radius 2 is 2.25 bits per heavy atom. The smallest absolute Gasteiger partial charge is 0.314 e. The van der Waals surface area contributed by atoms with Gasteiger partial charge in [0, 0.05) is 13.6 Å². The van der Waals surface area contributed by atoms with E-state index in [0.717, 1.165) is 13.0 Å². The third-order valence-corrected chi connectivity index (χ3v) is 0.763. The van der Waals surface area contributed by atoms with Gasteiger partial charge in [0.15, 0.2) is 0 Å². The fraction of sp³-hybridized carbons (Fsp3) is 0.800. The van der Waals surface area contributed by atoms with E-state index in [1.165, 1.54) is 0 Å². The molecule has 3 heteroatoms. The molecule has 0 aliphatic heterocycles. The van der Waals surface area contributed by atoms with Crippen LogP contribution in [-0.4, -0.2) is 19.6 Å². The Labute approximate surface area is 49.5 Å². The van der Waals surface area contributed by atoms with Gasteiger partial charge in [-0.2, -0.15) is 0 Å². The summed E-state index contributed by atoms with van der Waals surface area (Å²) in [6.07, 6.45) is 0.980. The second kappa shape index (κ2) is 4.43. The van der Waals surface area contributed by atoms with Crippen molar-refractivity contribution in [1.82, 2.24) is 10.6 Å². The fourth-order valence-electron chi connectivity index (χ4n) is 0.327. The third-order valence-electron chi connectivity index (χ3n) is 0.763. The number of hydrogen-bond acceptors (Lipinski definition) is 1. The van der Waals surface area contributed by atoms with Crippen molar-refractivity contribution in [3.05, 3.63) is 0 Å². The first kappa shape index (κ1) is 7.27. The van der Waals surface area contributed by atoms with E-state index in [4.69, 9.17) is 0 Å². The van der Waals surface area contributed by atoms with Gasteiger partial charge in [0.25, 0.3) is 0 Å². The van der Waals surface area contributed by atoms with Crippen LogP contribution in [0.4, 0.5) is 4.79 Å². The van der Waals surface area contributed by atoms with Gasteiger partial charge < -0.3 is 10.6 Å². The molecule has 0 rings (SSSR count). The SMILES string of the molecule is CCCNC(=O)NC. The molecule has 3 nitrogen and oxygen atoms in total. The molecule has 0 aromatic rings. The summed E-state index contributed by atoms with van der Waals surface area (Å²) in [6.45, 7) is 2.76. The molecule has 0 saturated heterocycles. The Morgan fingerprint density at radius 1 is 1.62 bits per heavy atom. The zero-order valence-corrected chi connectivity index (χ0v) is 5.32. The summed E-state index contributed by atoms with van der Waals surface area (Å²) in [6, 6.07) is -0.105. The fourth-order valence-corrected chi connectivity index (χ4v) is 0.327. The van der Waals surface area contributed by atoms with E-state index in [0.29, 0.717) is 0 Å². The molecule has 0 aromatic carbocycles. The molecule has 48 valence electrons. The number of carbonyl (C=O) groups is 1. The lowest BCUT2D eigenvalue weighted by Crippen LogP contribution is -2.32. The van der Waals surface area contributed by atoms with E-state index in [9.17, 15) is 4.79 Å². The minimum atomic E-state index is -0.105. The molecule has 0 aromatic heterocycles. The molecule has 0 atom stereocenters. The molecular weight excluding hydrogens is 104 g/mol. The Bertz CT molecular complexity index is 72.8. The van der Waals surface area contributed by atoms with Crippen molar-refractivity contribution in [1.29, 1.82) is 0 Å². The average molecular weight is 116 g/mol. The minimum Gasteiger partial charge on any atom is -0.341 e. The van der Waals surface area contributed by atoms with E-state index in [-0.39, 0.29) is 6.03 Å². The second-order valence-corrected chi connectivity index (χ2v) is 1.51. The average Bonchev–Trinajstić information content (AvgIpc) is 1.83. The van der Waals surface area contributed by atoms with Gasteiger partial charge in [0.1, 0.15) is 0 Å². The molecule has 2 amide bonds. The number of urea groups is 1. The van der Waals surface area contributed by atoms with Crippen LogP contribution in [0.5, 0.6) is 0 Å². The van der Waals surface area contributed by atoms with Crippen LogP contribution in [0.2, 0.25) is 0 Å². The molecule has 0 unspecified atom stereocenters. The summed E-state index contributed by atoms with van der Waals surface area (Å²) >= 11 is 0. The standard InChI is InChI=1S/C5H12N2O/c1-3-4-7-5(8)6-2/h3-4H2,1-2H3,(H2,6,7,8). The molecule has 2 N–H and O–H groups in total. The van der Waals surface area contributed by atoms with Crippen molar-refractivity contribution in [2.24, 2.45) is 0 Å². The van der Waals surface area contributed by atoms with Crippen LogP contribution < -0.4 is 10.6 Å². The molecule has 0 aliphatic carbocycles. The highest BCUT2D eigenvalue weighted by molar-refractivity contribution is 5.73. The minimum absolute atomic E-state index is 0.105. The Balaban J connectivity index is 2.99. The van der Waals surface area contributed by atoms with E-state index >= 15 is 0 Å². The summed E-state index contributed by atoms with van der Waals surface area (Å²) in [5.74, 6) is 0. The van der Waals surface area contributed by atoms with Crippen molar-refractivity contribution >= 4 is 6.03 Å². The van der Waals surface area contributed by atoms with Crippen LogP contribution in [0.1, 0.15) is 13.3 Å². The van der Waals surface area contributed by atoms with Crippen molar-refractivity contribution in [2.75, 3.05) is 13.6 Å². The first-order chi connectivity index (χ1) is 3.81. The monoisotopic (exact) mass is 116 g/mol. The molecule has 0 radical (unpaired) electrons.